The fraction of sp³-hybridized carbons (Fsp3) is 0.214. The van der Waals surface area contributed by atoms with Crippen LogP contribution in [0.2, 0.25) is 5.02 Å². The first-order valence-corrected chi connectivity index (χ1v) is 7.21. The number of halogens is 1. The minimum absolute atomic E-state index is 0.321. The molecule has 0 saturated carbocycles. The summed E-state index contributed by atoms with van der Waals surface area (Å²) in [6.07, 6.45) is 0.789. The van der Waals surface area contributed by atoms with Gasteiger partial charge in [0.2, 0.25) is 0 Å². The Hall–Kier alpha value is -1.23. The number of aromatic nitrogens is 1. The highest BCUT2D eigenvalue weighted by Gasteiger charge is 2.13. The highest BCUT2D eigenvalue weighted by Crippen LogP contribution is 2.28. The number of aryl methyl sites for hydroxylation is 1. The van der Waals surface area contributed by atoms with Crippen LogP contribution in [0.4, 0.5) is 5.82 Å². The Morgan fingerprint density at radius 2 is 2.21 bits per heavy atom. The Morgan fingerprint density at radius 1 is 1.42 bits per heavy atom. The van der Waals surface area contributed by atoms with Crippen molar-refractivity contribution in [1.82, 2.24) is 4.98 Å². The Kier molecular flexibility index (Phi) is 4.69. The zero-order valence-corrected chi connectivity index (χ0v) is 12.1. The molecule has 1 atom stereocenters. The van der Waals surface area contributed by atoms with Crippen molar-refractivity contribution in [2.75, 3.05) is 11.5 Å². The van der Waals surface area contributed by atoms with Crippen molar-refractivity contribution < 1.29 is 5.11 Å². The maximum Gasteiger partial charge on any atom is 0.129 e. The molecule has 3 nitrogen and oxygen atoms in total. The summed E-state index contributed by atoms with van der Waals surface area (Å²) in [5, 5.41) is 10.6. The van der Waals surface area contributed by atoms with Crippen molar-refractivity contribution in [3.63, 3.8) is 0 Å². The molecule has 0 aliphatic heterocycles. The van der Waals surface area contributed by atoms with Crippen LogP contribution in [0.15, 0.2) is 41.4 Å². The lowest BCUT2D eigenvalue weighted by atomic mass is 10.1. The van der Waals surface area contributed by atoms with Crippen LogP contribution in [0.1, 0.15) is 17.2 Å². The Balaban J connectivity index is 2.05. The smallest absolute Gasteiger partial charge is 0.129 e. The zero-order valence-electron chi connectivity index (χ0n) is 10.5. The molecule has 1 aromatic carbocycles. The molecule has 2 rings (SSSR count). The summed E-state index contributed by atoms with van der Waals surface area (Å²) in [6.45, 7) is 2.04. The van der Waals surface area contributed by atoms with Gasteiger partial charge in [0.1, 0.15) is 5.82 Å². The molecular weight excluding hydrogens is 280 g/mol. The van der Waals surface area contributed by atoms with E-state index in [2.05, 4.69) is 11.1 Å². The molecule has 100 valence electrons. The summed E-state index contributed by atoms with van der Waals surface area (Å²) < 4.78 is 0. The van der Waals surface area contributed by atoms with Crippen LogP contribution < -0.4 is 5.73 Å². The van der Waals surface area contributed by atoms with Crippen LogP contribution in [0.5, 0.6) is 0 Å². The van der Waals surface area contributed by atoms with Crippen LogP contribution >= 0.6 is 23.4 Å². The van der Waals surface area contributed by atoms with Crippen LogP contribution in [-0.4, -0.2) is 15.8 Å². The van der Waals surface area contributed by atoms with E-state index in [9.17, 15) is 5.11 Å². The van der Waals surface area contributed by atoms with Gasteiger partial charge in [0.05, 0.1) is 11.1 Å². The van der Waals surface area contributed by atoms with Gasteiger partial charge in [-0.15, -0.1) is 11.8 Å². The van der Waals surface area contributed by atoms with Crippen molar-refractivity contribution in [1.29, 1.82) is 0 Å². The first-order valence-electron chi connectivity index (χ1n) is 5.84. The molecule has 19 heavy (non-hydrogen) atoms. The number of aliphatic hydroxyl groups excluding tert-OH is 1. The lowest BCUT2D eigenvalue weighted by Crippen LogP contribution is -2.06. The van der Waals surface area contributed by atoms with E-state index in [4.69, 9.17) is 17.3 Å². The second kappa shape index (κ2) is 6.28. The van der Waals surface area contributed by atoms with Crippen LogP contribution in [0, 0.1) is 6.92 Å². The molecule has 0 aliphatic carbocycles. The first kappa shape index (κ1) is 14.2. The average Bonchev–Trinajstić information content (AvgIpc) is 2.39. The molecule has 0 amide bonds. The number of aliphatic hydroxyl groups is 1. The molecule has 1 heterocycles. The molecule has 2 aromatic rings. The van der Waals surface area contributed by atoms with Gasteiger partial charge in [-0.05, 0) is 25.1 Å². The van der Waals surface area contributed by atoms with Crippen LogP contribution in [0.3, 0.4) is 0 Å². The molecule has 0 saturated heterocycles. The number of nitrogens with two attached hydrogens (primary N) is 1. The molecule has 0 spiro atoms. The fourth-order valence-corrected chi connectivity index (χ4v) is 2.84. The molecule has 3 N–H and O–H groups in total. The van der Waals surface area contributed by atoms with E-state index in [-0.39, 0.29) is 0 Å². The number of nitrogens with zero attached hydrogens (tertiary/aromatic N) is 1. The number of pyridine rings is 1. The molecule has 5 heteroatoms. The standard InChI is InChI=1S/C14H15ClN2OS/c1-9-3-2-4-11(5-9)19-8-13(18)12-6-10(15)7-17-14(12)16/h2-7,13,18H,8H2,1H3,(H2,16,17). The second-order valence-corrected chi connectivity index (χ2v) is 5.80. The van der Waals surface area contributed by atoms with Crippen molar-refractivity contribution in [2.45, 2.75) is 17.9 Å². The summed E-state index contributed by atoms with van der Waals surface area (Å²) >= 11 is 7.44. The number of hydrogen-bond acceptors (Lipinski definition) is 4. The number of hydrogen-bond donors (Lipinski definition) is 2. The highest BCUT2D eigenvalue weighted by molar-refractivity contribution is 7.99. The maximum atomic E-state index is 10.2. The zero-order chi connectivity index (χ0) is 13.8. The largest absolute Gasteiger partial charge is 0.387 e. The van der Waals surface area contributed by atoms with Gasteiger partial charge in [0.25, 0.3) is 0 Å². The van der Waals surface area contributed by atoms with Gasteiger partial charge in [-0.2, -0.15) is 0 Å². The number of nitrogen functional groups attached to an aromatic ring is 1. The third kappa shape index (κ3) is 3.86. The van der Waals surface area contributed by atoms with Gasteiger partial charge in [-0.25, -0.2) is 4.98 Å². The molecule has 0 fully saturated rings. The van der Waals surface area contributed by atoms with Crippen molar-refractivity contribution in [2.24, 2.45) is 0 Å². The number of benzene rings is 1. The third-order valence-corrected chi connectivity index (χ3v) is 3.95. The fourth-order valence-electron chi connectivity index (χ4n) is 1.70. The summed E-state index contributed by atoms with van der Waals surface area (Å²) in [6, 6.07) is 9.80. The lowest BCUT2D eigenvalue weighted by Gasteiger charge is -2.13. The van der Waals surface area contributed by atoms with E-state index in [1.54, 1.807) is 17.8 Å². The summed E-state index contributed by atoms with van der Waals surface area (Å²) in [4.78, 5) is 5.06. The normalized spacial score (nSPS) is 12.4. The highest BCUT2D eigenvalue weighted by atomic mass is 35.5. The van der Waals surface area contributed by atoms with E-state index < -0.39 is 6.10 Å². The quantitative estimate of drug-likeness (QED) is 0.848. The molecule has 0 bridgehead atoms. The lowest BCUT2D eigenvalue weighted by molar-refractivity contribution is 0.204. The summed E-state index contributed by atoms with van der Waals surface area (Å²) in [5.41, 5.74) is 7.52. The second-order valence-electron chi connectivity index (χ2n) is 4.27. The van der Waals surface area contributed by atoms with Crippen LogP contribution in [0.25, 0.3) is 0 Å². The van der Waals surface area contributed by atoms with E-state index in [1.165, 1.54) is 11.8 Å². The topological polar surface area (TPSA) is 59.1 Å². The van der Waals surface area contributed by atoms with E-state index >= 15 is 0 Å². The Morgan fingerprint density at radius 3 is 2.95 bits per heavy atom. The van der Waals surface area contributed by atoms with Gasteiger partial charge in [-0.1, -0.05) is 29.3 Å². The maximum absolute atomic E-state index is 10.2. The summed E-state index contributed by atoms with van der Waals surface area (Å²) in [7, 11) is 0. The predicted molar refractivity (Wildman–Crippen MR) is 80.5 cm³/mol. The molecule has 0 radical (unpaired) electrons. The first-order chi connectivity index (χ1) is 9.06. The minimum atomic E-state index is -0.684. The summed E-state index contributed by atoms with van der Waals surface area (Å²) in [5.74, 6) is 0.831. The molecule has 1 unspecified atom stereocenters. The Bertz CT molecular complexity index is 577. The number of rotatable bonds is 4. The predicted octanol–water partition coefficient (Wildman–Crippen LogP) is 3.45. The monoisotopic (exact) mass is 294 g/mol. The van der Waals surface area contributed by atoms with Gasteiger partial charge >= 0.3 is 0 Å². The molecular formula is C14H15ClN2OS. The van der Waals surface area contributed by atoms with Gasteiger partial charge in [0.15, 0.2) is 0 Å². The van der Waals surface area contributed by atoms with Crippen molar-refractivity contribution in [3.8, 4) is 0 Å². The van der Waals surface area contributed by atoms with Gasteiger partial charge < -0.3 is 10.8 Å². The number of anilines is 1. The minimum Gasteiger partial charge on any atom is -0.387 e. The van der Waals surface area contributed by atoms with Crippen molar-refractivity contribution in [3.05, 3.63) is 52.7 Å². The Labute approximate surface area is 121 Å². The van der Waals surface area contributed by atoms with E-state index in [0.29, 0.717) is 22.2 Å². The van der Waals surface area contributed by atoms with Crippen LogP contribution in [-0.2, 0) is 0 Å². The van der Waals surface area contributed by atoms with Crippen molar-refractivity contribution >= 4 is 29.2 Å². The average molecular weight is 295 g/mol. The van der Waals surface area contributed by atoms with Gasteiger partial charge in [0, 0.05) is 22.4 Å². The third-order valence-electron chi connectivity index (χ3n) is 2.67. The molecule has 1 aromatic heterocycles. The SMILES string of the molecule is Cc1cccc(SCC(O)c2cc(Cl)cnc2N)c1. The van der Waals surface area contributed by atoms with Gasteiger partial charge in [-0.3, -0.25) is 0 Å². The molecule has 0 aliphatic rings. The van der Waals surface area contributed by atoms with E-state index in [0.717, 1.165) is 4.90 Å². The number of thioether (sulfide) groups is 1. The van der Waals surface area contributed by atoms with E-state index in [1.807, 2.05) is 25.1 Å².